The van der Waals surface area contributed by atoms with Gasteiger partial charge in [-0.05, 0) is 19.5 Å². The van der Waals surface area contributed by atoms with Gasteiger partial charge in [0.15, 0.2) is 0 Å². The fourth-order valence-corrected chi connectivity index (χ4v) is 0.908. The quantitative estimate of drug-likeness (QED) is 0.676. The summed E-state index contributed by atoms with van der Waals surface area (Å²) < 4.78 is 0. The summed E-state index contributed by atoms with van der Waals surface area (Å²) in [6.45, 7) is 18.1. The molecule has 110 valence electrons. The van der Waals surface area contributed by atoms with Crippen molar-refractivity contribution in [1.29, 1.82) is 0 Å². The molecule has 0 fully saturated rings. The average molecular weight is 255 g/mol. The molecule has 0 radical (unpaired) electrons. The van der Waals surface area contributed by atoms with Gasteiger partial charge in [0.05, 0.1) is 0 Å². The highest BCUT2D eigenvalue weighted by atomic mass is 14.8. The molecule has 1 aromatic carbocycles. The van der Waals surface area contributed by atoms with Gasteiger partial charge in [-0.1, -0.05) is 85.7 Å². The monoisotopic (exact) mass is 255 g/mol. The molecular formula is C17H37N. The van der Waals surface area contributed by atoms with E-state index in [2.05, 4.69) is 36.5 Å². The van der Waals surface area contributed by atoms with Gasteiger partial charge in [0, 0.05) is 6.04 Å². The normalized spacial score (nSPS) is 8.56. The molecule has 1 rings (SSSR count). The van der Waals surface area contributed by atoms with Crippen LogP contribution in [0, 0.1) is 0 Å². The summed E-state index contributed by atoms with van der Waals surface area (Å²) in [5.41, 5.74) is 1.34. The minimum absolute atomic E-state index is 0.459. The Kier molecular flexibility index (Phi) is 42.9. The predicted octanol–water partition coefficient (Wildman–Crippen LogP) is 6.07. The Bertz CT molecular complexity index is 182. The van der Waals surface area contributed by atoms with E-state index >= 15 is 0 Å². The summed E-state index contributed by atoms with van der Waals surface area (Å²) in [4.78, 5) is 0. The molecule has 1 heteroatoms. The van der Waals surface area contributed by atoms with Crippen LogP contribution in [0.2, 0.25) is 0 Å². The van der Waals surface area contributed by atoms with E-state index in [4.69, 9.17) is 0 Å². The van der Waals surface area contributed by atoms with Gasteiger partial charge in [-0.15, -0.1) is 0 Å². The van der Waals surface area contributed by atoms with E-state index in [1.807, 2.05) is 68.5 Å². The first-order chi connectivity index (χ1) is 8.84. The van der Waals surface area contributed by atoms with Crippen LogP contribution in [-0.4, -0.2) is 7.05 Å². The average Bonchev–Trinajstić information content (AvgIpc) is 2.55. The summed E-state index contributed by atoms with van der Waals surface area (Å²) >= 11 is 0. The Morgan fingerprint density at radius 2 is 1.06 bits per heavy atom. The molecule has 0 spiro atoms. The molecule has 1 aromatic rings. The fraction of sp³-hybridized carbons (Fsp3) is 0.647. The van der Waals surface area contributed by atoms with Crippen LogP contribution in [-0.2, 0) is 0 Å². The van der Waals surface area contributed by atoms with Gasteiger partial charge >= 0.3 is 0 Å². The number of nitrogens with one attached hydrogen (secondary N) is 1. The van der Waals surface area contributed by atoms with E-state index in [1.54, 1.807) is 0 Å². The Hall–Kier alpha value is -0.820. The van der Waals surface area contributed by atoms with Gasteiger partial charge in [-0.2, -0.15) is 0 Å². The molecule has 0 aliphatic rings. The van der Waals surface area contributed by atoms with Crippen molar-refractivity contribution >= 4 is 0 Å². The van der Waals surface area contributed by atoms with Crippen molar-refractivity contribution in [2.24, 2.45) is 0 Å². The van der Waals surface area contributed by atoms with Crippen LogP contribution in [0.5, 0.6) is 0 Å². The molecule has 18 heavy (non-hydrogen) atoms. The second-order valence-electron chi connectivity index (χ2n) is 2.42. The Balaban J connectivity index is -0.000000105. The van der Waals surface area contributed by atoms with E-state index in [-0.39, 0.29) is 0 Å². The van der Waals surface area contributed by atoms with E-state index in [9.17, 15) is 0 Å². The molecule has 0 heterocycles. The lowest BCUT2D eigenvalue weighted by Gasteiger charge is -2.08. The Morgan fingerprint density at radius 3 is 1.33 bits per heavy atom. The minimum Gasteiger partial charge on any atom is -0.313 e. The molecule has 1 atom stereocenters. The SMILES string of the molecule is CC.CC.CC.CC.CNC(C)c1ccccc1. The second-order valence-corrected chi connectivity index (χ2v) is 2.42. The van der Waals surface area contributed by atoms with Gasteiger partial charge in [0.1, 0.15) is 0 Å². The largest absolute Gasteiger partial charge is 0.313 e. The standard InChI is InChI=1S/C9H13N.4C2H6/c1-8(10-2)9-6-4-3-5-7-9;4*1-2/h3-8,10H,1-2H3;4*1-2H3. The van der Waals surface area contributed by atoms with Crippen molar-refractivity contribution in [2.45, 2.75) is 68.4 Å². The third-order valence-corrected chi connectivity index (χ3v) is 1.73. The van der Waals surface area contributed by atoms with Crippen LogP contribution >= 0.6 is 0 Å². The smallest absolute Gasteiger partial charge is 0.0289 e. The molecular weight excluding hydrogens is 218 g/mol. The number of rotatable bonds is 2. The molecule has 0 aromatic heterocycles. The molecule has 1 nitrogen and oxygen atoms in total. The number of hydrogen-bond acceptors (Lipinski definition) is 1. The molecule has 0 bridgehead atoms. The van der Waals surface area contributed by atoms with Gasteiger partial charge in [0.25, 0.3) is 0 Å². The van der Waals surface area contributed by atoms with E-state index < -0.39 is 0 Å². The summed E-state index contributed by atoms with van der Waals surface area (Å²) in [6, 6.07) is 10.9. The maximum absolute atomic E-state index is 3.18. The minimum atomic E-state index is 0.459. The summed E-state index contributed by atoms with van der Waals surface area (Å²) in [5, 5.41) is 3.18. The first-order valence-corrected chi connectivity index (χ1v) is 7.57. The maximum Gasteiger partial charge on any atom is 0.0289 e. The van der Waals surface area contributed by atoms with Crippen LogP contribution in [0.4, 0.5) is 0 Å². The zero-order valence-corrected chi connectivity index (χ0v) is 14.5. The maximum atomic E-state index is 3.18. The zero-order valence-electron chi connectivity index (χ0n) is 14.5. The number of benzene rings is 1. The fourth-order valence-electron chi connectivity index (χ4n) is 0.908. The lowest BCUT2D eigenvalue weighted by Crippen LogP contribution is -2.11. The van der Waals surface area contributed by atoms with Crippen molar-refractivity contribution in [3.8, 4) is 0 Å². The molecule has 1 N–H and O–H groups in total. The van der Waals surface area contributed by atoms with Crippen LogP contribution in [0.3, 0.4) is 0 Å². The first kappa shape index (κ1) is 25.9. The van der Waals surface area contributed by atoms with Crippen molar-refractivity contribution in [2.75, 3.05) is 7.05 Å². The summed E-state index contributed by atoms with van der Waals surface area (Å²) in [7, 11) is 1.97. The van der Waals surface area contributed by atoms with E-state index in [0.29, 0.717) is 6.04 Å². The highest BCUT2D eigenvalue weighted by molar-refractivity contribution is 5.17. The zero-order chi connectivity index (χ0) is 15.4. The van der Waals surface area contributed by atoms with Crippen LogP contribution in [0.15, 0.2) is 30.3 Å². The lowest BCUT2D eigenvalue weighted by atomic mass is 10.1. The second kappa shape index (κ2) is 29.8. The van der Waals surface area contributed by atoms with Gasteiger partial charge in [-0.3, -0.25) is 0 Å². The lowest BCUT2D eigenvalue weighted by molar-refractivity contribution is 0.652. The summed E-state index contributed by atoms with van der Waals surface area (Å²) in [5.74, 6) is 0. The molecule has 0 aliphatic heterocycles. The molecule has 0 saturated heterocycles. The van der Waals surface area contributed by atoms with Crippen molar-refractivity contribution < 1.29 is 0 Å². The van der Waals surface area contributed by atoms with Gasteiger partial charge in [-0.25, -0.2) is 0 Å². The summed E-state index contributed by atoms with van der Waals surface area (Å²) in [6.07, 6.45) is 0. The predicted molar refractivity (Wildman–Crippen MR) is 89.3 cm³/mol. The Labute approximate surface area is 117 Å². The molecule has 0 aliphatic carbocycles. The van der Waals surface area contributed by atoms with Gasteiger partial charge < -0.3 is 5.32 Å². The van der Waals surface area contributed by atoms with E-state index in [1.165, 1.54) is 5.56 Å². The first-order valence-electron chi connectivity index (χ1n) is 7.57. The van der Waals surface area contributed by atoms with E-state index in [0.717, 1.165) is 0 Å². The van der Waals surface area contributed by atoms with Crippen LogP contribution < -0.4 is 5.32 Å². The van der Waals surface area contributed by atoms with Crippen molar-refractivity contribution in [1.82, 2.24) is 5.32 Å². The Morgan fingerprint density at radius 1 is 0.722 bits per heavy atom. The highest BCUT2D eigenvalue weighted by Gasteiger charge is 1.97. The van der Waals surface area contributed by atoms with Crippen LogP contribution in [0.1, 0.15) is 73.9 Å². The third-order valence-electron chi connectivity index (χ3n) is 1.73. The van der Waals surface area contributed by atoms with Crippen LogP contribution in [0.25, 0.3) is 0 Å². The topological polar surface area (TPSA) is 12.0 Å². The highest BCUT2D eigenvalue weighted by Crippen LogP contribution is 2.09. The number of hydrogen-bond donors (Lipinski definition) is 1. The van der Waals surface area contributed by atoms with Crippen molar-refractivity contribution in [3.63, 3.8) is 0 Å². The van der Waals surface area contributed by atoms with Crippen molar-refractivity contribution in [3.05, 3.63) is 35.9 Å². The molecule has 0 saturated carbocycles. The molecule has 0 amide bonds. The third kappa shape index (κ3) is 17.6. The van der Waals surface area contributed by atoms with Gasteiger partial charge in [0.2, 0.25) is 0 Å². The molecule has 1 unspecified atom stereocenters.